The molecule has 4 heteroatoms. The lowest BCUT2D eigenvalue weighted by Gasteiger charge is -2.30. The van der Waals surface area contributed by atoms with Crippen LogP contribution in [0.5, 0.6) is 0 Å². The highest BCUT2D eigenvalue weighted by Gasteiger charge is 2.22. The molecular weight excluding hydrogens is 192 g/mol. The zero-order chi connectivity index (χ0) is 10.7. The van der Waals surface area contributed by atoms with Crippen LogP contribution in [0.1, 0.15) is 10.4 Å². The summed E-state index contributed by atoms with van der Waals surface area (Å²) in [5, 5.41) is 0. The highest BCUT2D eigenvalue weighted by atomic mass is 16.5. The number of amides is 1. The number of benzene rings is 1. The van der Waals surface area contributed by atoms with Crippen molar-refractivity contribution in [1.82, 2.24) is 4.90 Å². The molecule has 1 amide bonds. The fourth-order valence-electron chi connectivity index (χ4n) is 1.62. The van der Waals surface area contributed by atoms with E-state index in [1.54, 1.807) is 4.90 Å². The van der Waals surface area contributed by atoms with Gasteiger partial charge in [0.05, 0.1) is 13.2 Å². The summed E-state index contributed by atoms with van der Waals surface area (Å²) < 4.78 is 5.18. The van der Waals surface area contributed by atoms with Gasteiger partial charge >= 0.3 is 0 Å². The van der Waals surface area contributed by atoms with Crippen LogP contribution < -0.4 is 5.73 Å². The largest absolute Gasteiger partial charge is 0.360 e. The number of hydrogen-bond donors (Lipinski definition) is 1. The minimum absolute atomic E-state index is 0.0225. The molecule has 2 N–H and O–H groups in total. The van der Waals surface area contributed by atoms with Gasteiger partial charge in [0.25, 0.3) is 5.91 Å². The van der Waals surface area contributed by atoms with Crippen LogP contribution in [0.4, 0.5) is 0 Å². The van der Waals surface area contributed by atoms with Crippen LogP contribution in [0.2, 0.25) is 0 Å². The van der Waals surface area contributed by atoms with E-state index in [1.807, 2.05) is 30.3 Å². The summed E-state index contributed by atoms with van der Waals surface area (Å²) in [6.45, 7) is 1.59. The summed E-state index contributed by atoms with van der Waals surface area (Å²) in [6, 6.07) is 9.22. The summed E-state index contributed by atoms with van der Waals surface area (Å²) in [4.78, 5) is 13.7. The van der Waals surface area contributed by atoms with E-state index in [-0.39, 0.29) is 12.1 Å². The smallest absolute Gasteiger partial charge is 0.254 e. The molecule has 80 valence electrons. The van der Waals surface area contributed by atoms with Crippen molar-refractivity contribution < 1.29 is 9.53 Å². The van der Waals surface area contributed by atoms with Gasteiger partial charge in [0.1, 0.15) is 6.23 Å². The summed E-state index contributed by atoms with van der Waals surface area (Å²) in [7, 11) is 0. The third kappa shape index (κ3) is 2.34. The number of carbonyl (C=O) groups is 1. The maximum absolute atomic E-state index is 12.0. The SMILES string of the molecule is NC1CN(C(=O)c2ccccc2)CCO1. The molecule has 1 unspecified atom stereocenters. The molecule has 1 aromatic rings. The quantitative estimate of drug-likeness (QED) is 0.725. The number of rotatable bonds is 1. The average Bonchev–Trinajstić information content (AvgIpc) is 2.29. The van der Waals surface area contributed by atoms with Gasteiger partial charge in [0.15, 0.2) is 0 Å². The highest BCUT2D eigenvalue weighted by Crippen LogP contribution is 2.08. The van der Waals surface area contributed by atoms with E-state index in [1.165, 1.54) is 0 Å². The fourth-order valence-corrected chi connectivity index (χ4v) is 1.62. The van der Waals surface area contributed by atoms with Crippen LogP contribution in [0.15, 0.2) is 30.3 Å². The predicted octanol–water partition coefficient (Wildman–Crippen LogP) is 0.444. The number of ether oxygens (including phenoxy) is 1. The van der Waals surface area contributed by atoms with E-state index >= 15 is 0 Å². The molecule has 1 aliphatic heterocycles. The van der Waals surface area contributed by atoms with E-state index in [0.717, 1.165) is 0 Å². The van der Waals surface area contributed by atoms with Crippen LogP contribution in [-0.2, 0) is 4.74 Å². The van der Waals surface area contributed by atoms with Gasteiger partial charge < -0.3 is 15.4 Å². The summed E-state index contributed by atoms with van der Waals surface area (Å²) in [5.41, 5.74) is 6.33. The number of hydrogen-bond acceptors (Lipinski definition) is 3. The van der Waals surface area contributed by atoms with Crippen molar-refractivity contribution in [2.75, 3.05) is 19.7 Å². The zero-order valence-corrected chi connectivity index (χ0v) is 8.43. The maximum Gasteiger partial charge on any atom is 0.254 e. The van der Waals surface area contributed by atoms with Gasteiger partial charge in [-0.25, -0.2) is 0 Å². The molecule has 0 aliphatic carbocycles. The average molecular weight is 206 g/mol. The first kappa shape index (κ1) is 10.1. The van der Waals surface area contributed by atoms with E-state index in [0.29, 0.717) is 25.3 Å². The van der Waals surface area contributed by atoms with Crippen molar-refractivity contribution in [3.05, 3.63) is 35.9 Å². The van der Waals surface area contributed by atoms with Crippen molar-refractivity contribution in [3.8, 4) is 0 Å². The second-order valence-corrected chi connectivity index (χ2v) is 3.53. The fraction of sp³-hybridized carbons (Fsp3) is 0.364. The minimum Gasteiger partial charge on any atom is -0.360 e. The van der Waals surface area contributed by atoms with Crippen LogP contribution in [0, 0.1) is 0 Å². The van der Waals surface area contributed by atoms with Crippen molar-refractivity contribution in [2.45, 2.75) is 6.23 Å². The van der Waals surface area contributed by atoms with Crippen molar-refractivity contribution in [3.63, 3.8) is 0 Å². The molecule has 1 saturated heterocycles. The third-order valence-corrected chi connectivity index (χ3v) is 2.40. The first-order valence-corrected chi connectivity index (χ1v) is 4.99. The van der Waals surface area contributed by atoms with Gasteiger partial charge in [-0.15, -0.1) is 0 Å². The molecule has 0 aromatic heterocycles. The Kier molecular flexibility index (Phi) is 2.99. The summed E-state index contributed by atoms with van der Waals surface area (Å²) in [5.74, 6) is 0.0225. The van der Waals surface area contributed by atoms with E-state index < -0.39 is 0 Å². The Hall–Kier alpha value is -1.39. The van der Waals surface area contributed by atoms with Gasteiger partial charge in [0.2, 0.25) is 0 Å². The lowest BCUT2D eigenvalue weighted by Crippen LogP contribution is -2.49. The molecule has 0 bridgehead atoms. The second kappa shape index (κ2) is 4.42. The molecule has 4 nitrogen and oxygen atoms in total. The molecule has 2 rings (SSSR count). The predicted molar refractivity (Wildman–Crippen MR) is 56.3 cm³/mol. The highest BCUT2D eigenvalue weighted by molar-refractivity contribution is 5.94. The number of nitrogens with zero attached hydrogens (tertiary/aromatic N) is 1. The Morgan fingerprint density at radius 3 is 2.80 bits per heavy atom. The molecule has 1 aliphatic rings. The van der Waals surface area contributed by atoms with Gasteiger partial charge in [-0.1, -0.05) is 18.2 Å². The third-order valence-electron chi connectivity index (χ3n) is 2.40. The molecule has 15 heavy (non-hydrogen) atoms. The lowest BCUT2D eigenvalue weighted by atomic mass is 10.2. The Bertz CT molecular complexity index is 340. The molecule has 1 fully saturated rings. The lowest BCUT2D eigenvalue weighted by molar-refractivity contribution is -0.0181. The first-order valence-electron chi connectivity index (χ1n) is 4.99. The molecule has 1 atom stereocenters. The molecular formula is C11H14N2O2. The Morgan fingerprint density at radius 1 is 1.40 bits per heavy atom. The molecule has 0 saturated carbocycles. The van der Waals surface area contributed by atoms with Crippen LogP contribution in [-0.4, -0.2) is 36.7 Å². The first-order chi connectivity index (χ1) is 7.27. The minimum atomic E-state index is -0.355. The number of carbonyl (C=O) groups excluding carboxylic acids is 1. The van der Waals surface area contributed by atoms with Crippen molar-refractivity contribution in [1.29, 1.82) is 0 Å². The van der Waals surface area contributed by atoms with Gasteiger partial charge in [-0.05, 0) is 12.1 Å². The van der Waals surface area contributed by atoms with Crippen molar-refractivity contribution in [2.24, 2.45) is 5.73 Å². The zero-order valence-electron chi connectivity index (χ0n) is 8.43. The van der Waals surface area contributed by atoms with Gasteiger partial charge in [-0.2, -0.15) is 0 Å². The van der Waals surface area contributed by atoms with E-state index in [4.69, 9.17) is 10.5 Å². The molecule has 0 spiro atoms. The Morgan fingerprint density at radius 2 is 2.13 bits per heavy atom. The topological polar surface area (TPSA) is 55.6 Å². The standard InChI is InChI=1S/C11H14N2O2/c12-10-8-13(6-7-15-10)11(14)9-4-2-1-3-5-9/h1-5,10H,6-8,12H2. The Balaban J connectivity index is 2.08. The van der Waals surface area contributed by atoms with Crippen LogP contribution >= 0.6 is 0 Å². The summed E-state index contributed by atoms with van der Waals surface area (Å²) >= 11 is 0. The van der Waals surface area contributed by atoms with Crippen LogP contribution in [0.3, 0.4) is 0 Å². The monoisotopic (exact) mass is 206 g/mol. The molecule has 0 radical (unpaired) electrons. The number of morpholine rings is 1. The van der Waals surface area contributed by atoms with Gasteiger partial charge in [-0.3, -0.25) is 4.79 Å². The molecule has 1 aromatic carbocycles. The number of nitrogens with two attached hydrogens (primary N) is 1. The van der Waals surface area contributed by atoms with E-state index in [2.05, 4.69) is 0 Å². The second-order valence-electron chi connectivity index (χ2n) is 3.53. The summed E-state index contributed by atoms with van der Waals surface area (Å²) in [6.07, 6.45) is -0.355. The normalized spacial score (nSPS) is 21.4. The molecule has 1 heterocycles. The van der Waals surface area contributed by atoms with E-state index in [9.17, 15) is 4.79 Å². The van der Waals surface area contributed by atoms with Crippen LogP contribution in [0.25, 0.3) is 0 Å². The maximum atomic E-state index is 12.0. The van der Waals surface area contributed by atoms with Gasteiger partial charge in [0, 0.05) is 12.1 Å². The van der Waals surface area contributed by atoms with Crippen molar-refractivity contribution >= 4 is 5.91 Å². The Labute approximate surface area is 88.6 Å².